The summed E-state index contributed by atoms with van der Waals surface area (Å²) in [5.41, 5.74) is 1.40. The van der Waals surface area contributed by atoms with E-state index < -0.39 is 29.1 Å². The molecule has 5 rings (SSSR count). The Bertz CT molecular complexity index is 1930. The van der Waals surface area contributed by atoms with Crippen molar-refractivity contribution in [1.82, 2.24) is 3.97 Å². The zero-order valence-corrected chi connectivity index (χ0v) is 25.9. The second-order valence-corrected chi connectivity index (χ2v) is 14.2. The monoisotopic (exact) mass is 637 g/mol. The van der Waals surface area contributed by atoms with Crippen LogP contribution in [-0.2, 0) is 41.8 Å². The number of rotatable bonds is 11. The summed E-state index contributed by atoms with van der Waals surface area (Å²) in [7, 11) is -7.26. The molecule has 43 heavy (non-hydrogen) atoms. The van der Waals surface area contributed by atoms with Crippen LogP contribution in [0.2, 0.25) is 5.02 Å². The molecule has 0 spiro atoms. The molecule has 0 fully saturated rings. The van der Waals surface area contributed by atoms with Crippen molar-refractivity contribution in [3.8, 4) is 0 Å². The Morgan fingerprint density at radius 3 is 2.19 bits per heavy atom. The molecule has 0 aliphatic heterocycles. The molecule has 1 heterocycles. The summed E-state index contributed by atoms with van der Waals surface area (Å²) in [5, 5.41) is 0.570. The van der Waals surface area contributed by atoms with Crippen LogP contribution in [-0.4, -0.2) is 32.1 Å². The molecule has 0 N–H and O–H groups in total. The van der Waals surface area contributed by atoms with Crippen LogP contribution >= 0.6 is 19.0 Å². The fourth-order valence-electron chi connectivity index (χ4n) is 4.86. The van der Waals surface area contributed by atoms with Gasteiger partial charge in [0.1, 0.15) is 0 Å². The molecule has 0 radical (unpaired) electrons. The Morgan fingerprint density at radius 1 is 0.860 bits per heavy atom. The quantitative estimate of drug-likeness (QED) is 0.124. The Labute approximate surface area is 255 Å². The van der Waals surface area contributed by atoms with Crippen molar-refractivity contribution >= 4 is 56.5 Å². The van der Waals surface area contributed by atoms with Gasteiger partial charge in [-0.25, -0.2) is 17.2 Å². The van der Waals surface area contributed by atoms with Gasteiger partial charge in [0.25, 0.3) is 17.4 Å². The van der Waals surface area contributed by atoms with E-state index in [2.05, 4.69) is 0 Å². The van der Waals surface area contributed by atoms with Crippen LogP contribution in [0.4, 0.5) is 0 Å². The zero-order chi connectivity index (χ0) is 30.6. The third-order valence-electron chi connectivity index (χ3n) is 6.79. The van der Waals surface area contributed by atoms with Gasteiger partial charge >= 0.3 is 5.97 Å². The molecule has 8 nitrogen and oxygen atoms in total. The van der Waals surface area contributed by atoms with Crippen molar-refractivity contribution in [2.24, 2.45) is 0 Å². The highest BCUT2D eigenvalue weighted by atomic mass is 35.5. The van der Waals surface area contributed by atoms with Crippen molar-refractivity contribution in [3.05, 3.63) is 125 Å². The first-order valence-corrected chi connectivity index (χ1v) is 16.8. The first-order valence-electron chi connectivity index (χ1n) is 13.4. The Morgan fingerprint density at radius 2 is 1.51 bits per heavy atom. The molecule has 4 aromatic carbocycles. The number of ether oxygens (including phenoxy) is 2. The molecule has 5 aromatic rings. The number of halogens is 1. The molecule has 0 aliphatic rings. The smallest absolute Gasteiger partial charge is 0.356 e. The number of carbonyl (C=O) groups is 1. The highest BCUT2D eigenvalue weighted by Gasteiger charge is 2.41. The van der Waals surface area contributed by atoms with Crippen LogP contribution in [0.25, 0.3) is 10.9 Å². The number of esters is 1. The summed E-state index contributed by atoms with van der Waals surface area (Å²) in [6, 6.07) is 28.6. The number of carbonyl (C=O) groups excluding carboxylic acids is 1. The molecule has 0 bridgehead atoms. The SMILES string of the molecule is CCOC(=O)c1c(P(=O)(OC)c2cccc(COCc3ccccc3)c2)c2cc(Cl)ccc2n1S(=O)(=O)c1ccccc1. The molecular formula is C32H29ClNO7PS. The molecule has 222 valence electrons. The van der Waals surface area contributed by atoms with Crippen LogP contribution in [0.1, 0.15) is 28.5 Å². The van der Waals surface area contributed by atoms with E-state index in [0.29, 0.717) is 12.2 Å². The number of benzene rings is 4. The molecule has 1 aromatic heterocycles. The summed E-state index contributed by atoms with van der Waals surface area (Å²) in [5.74, 6) is -0.969. The van der Waals surface area contributed by atoms with Gasteiger partial charge in [-0.1, -0.05) is 72.3 Å². The molecule has 1 unspecified atom stereocenters. The zero-order valence-electron chi connectivity index (χ0n) is 23.5. The minimum absolute atomic E-state index is 0.0442. The maximum absolute atomic E-state index is 15.0. The average Bonchev–Trinajstić information content (AvgIpc) is 3.38. The van der Waals surface area contributed by atoms with Gasteiger partial charge in [-0.15, -0.1) is 0 Å². The fraction of sp³-hybridized carbons (Fsp3) is 0.156. The lowest BCUT2D eigenvalue weighted by atomic mass is 10.2. The van der Waals surface area contributed by atoms with Crippen LogP contribution < -0.4 is 10.6 Å². The van der Waals surface area contributed by atoms with Gasteiger partial charge in [0.15, 0.2) is 5.69 Å². The maximum Gasteiger partial charge on any atom is 0.356 e. The van der Waals surface area contributed by atoms with E-state index in [1.807, 2.05) is 36.4 Å². The van der Waals surface area contributed by atoms with Gasteiger partial charge in [-0.3, -0.25) is 4.57 Å². The maximum atomic E-state index is 15.0. The first-order chi connectivity index (χ1) is 20.7. The number of hydrogen-bond donors (Lipinski definition) is 0. The van der Waals surface area contributed by atoms with Crippen molar-refractivity contribution in [2.45, 2.75) is 25.0 Å². The van der Waals surface area contributed by atoms with E-state index in [9.17, 15) is 13.2 Å². The second kappa shape index (κ2) is 12.9. The predicted octanol–water partition coefficient (Wildman–Crippen LogP) is 6.30. The van der Waals surface area contributed by atoms with Crippen molar-refractivity contribution in [3.63, 3.8) is 0 Å². The number of hydrogen-bond acceptors (Lipinski definition) is 7. The van der Waals surface area contributed by atoms with E-state index in [1.54, 1.807) is 43.3 Å². The number of nitrogens with zero attached hydrogens (tertiary/aromatic N) is 1. The Hall–Kier alpha value is -3.72. The lowest BCUT2D eigenvalue weighted by Gasteiger charge is -2.19. The average molecular weight is 638 g/mol. The molecule has 11 heteroatoms. The van der Waals surface area contributed by atoms with Crippen molar-refractivity contribution in [2.75, 3.05) is 13.7 Å². The van der Waals surface area contributed by atoms with Gasteiger partial charge in [-0.05, 0) is 60.5 Å². The van der Waals surface area contributed by atoms with E-state index in [0.717, 1.165) is 9.54 Å². The van der Waals surface area contributed by atoms with E-state index in [1.165, 1.54) is 37.4 Å². The van der Waals surface area contributed by atoms with Crippen LogP contribution in [0.15, 0.2) is 108 Å². The second-order valence-electron chi connectivity index (χ2n) is 9.54. The molecule has 1 atom stereocenters. The van der Waals surface area contributed by atoms with Crippen LogP contribution in [0, 0.1) is 0 Å². The lowest BCUT2D eigenvalue weighted by molar-refractivity contribution is 0.0520. The van der Waals surface area contributed by atoms with Gasteiger partial charge < -0.3 is 14.0 Å². The fourth-order valence-corrected chi connectivity index (χ4v) is 8.87. The lowest BCUT2D eigenvalue weighted by Crippen LogP contribution is -2.28. The third kappa shape index (κ3) is 6.05. The Balaban J connectivity index is 1.71. The van der Waals surface area contributed by atoms with E-state index in [-0.39, 0.29) is 44.6 Å². The summed E-state index contributed by atoms with van der Waals surface area (Å²) >= 11 is 6.37. The van der Waals surface area contributed by atoms with Gasteiger partial charge in [0.05, 0.1) is 35.5 Å². The molecule has 0 saturated carbocycles. The third-order valence-corrected chi connectivity index (χ3v) is 11.3. The summed E-state index contributed by atoms with van der Waals surface area (Å²) in [4.78, 5) is 13.6. The highest BCUT2D eigenvalue weighted by molar-refractivity contribution is 7.90. The Kier molecular flexibility index (Phi) is 9.20. The largest absolute Gasteiger partial charge is 0.461 e. The topological polar surface area (TPSA) is 101 Å². The summed E-state index contributed by atoms with van der Waals surface area (Å²) in [6.07, 6.45) is 0. The van der Waals surface area contributed by atoms with Gasteiger partial charge in [0.2, 0.25) is 0 Å². The molecule has 0 aliphatic carbocycles. The minimum Gasteiger partial charge on any atom is -0.461 e. The molecule has 0 amide bonds. The summed E-state index contributed by atoms with van der Waals surface area (Å²) < 4.78 is 61.1. The molecule has 0 saturated heterocycles. The first kappa shape index (κ1) is 30.7. The normalized spacial score (nSPS) is 13.1. The van der Waals surface area contributed by atoms with Gasteiger partial charge in [-0.2, -0.15) is 0 Å². The van der Waals surface area contributed by atoms with Crippen LogP contribution in [0.5, 0.6) is 0 Å². The minimum atomic E-state index is -4.37. The van der Waals surface area contributed by atoms with E-state index in [4.69, 9.17) is 25.6 Å². The standard InChI is InChI=1S/C32H29ClNO7PS/c1-3-41-32(35)30-31(28-20-25(33)17-18-29(28)34(30)43(37,38)27-15-8-5-9-16-27)42(36,39-2)26-14-10-13-24(19-26)22-40-21-23-11-6-4-7-12-23/h4-20H,3,21-22H2,1-2H3. The van der Waals surface area contributed by atoms with Gasteiger partial charge in [0, 0.05) is 22.8 Å². The summed E-state index contributed by atoms with van der Waals surface area (Å²) in [6.45, 7) is 2.15. The highest BCUT2D eigenvalue weighted by Crippen LogP contribution is 2.48. The van der Waals surface area contributed by atoms with Crippen molar-refractivity contribution in [1.29, 1.82) is 0 Å². The molecular weight excluding hydrogens is 609 g/mol. The van der Waals surface area contributed by atoms with Crippen molar-refractivity contribution < 1.29 is 31.8 Å². The van der Waals surface area contributed by atoms with E-state index >= 15 is 4.57 Å². The number of fused-ring (bicyclic) bond motifs is 1. The number of aromatic nitrogens is 1. The van der Waals surface area contributed by atoms with Crippen LogP contribution in [0.3, 0.4) is 0 Å². The predicted molar refractivity (Wildman–Crippen MR) is 167 cm³/mol.